The molecular formula is C22H32BNO3. The molecule has 1 aliphatic rings. The lowest BCUT2D eigenvalue weighted by Crippen LogP contribution is -2.32. The molecule has 1 saturated heterocycles. The summed E-state index contributed by atoms with van der Waals surface area (Å²) in [6.45, 7) is 10.2. The molecule has 0 aliphatic carbocycles. The van der Waals surface area contributed by atoms with Crippen molar-refractivity contribution in [2.24, 2.45) is 17.3 Å². The molecule has 1 aromatic rings. The van der Waals surface area contributed by atoms with Gasteiger partial charge in [0.15, 0.2) is 7.85 Å². The minimum atomic E-state index is -0.360. The minimum Gasteiger partial charge on any atom is -0.311 e. The maximum atomic E-state index is 12.8. The van der Waals surface area contributed by atoms with Gasteiger partial charge in [0.05, 0.1) is 17.3 Å². The highest BCUT2D eigenvalue weighted by molar-refractivity contribution is 6.58. The Labute approximate surface area is 164 Å². The van der Waals surface area contributed by atoms with E-state index in [4.69, 9.17) is 0 Å². The lowest BCUT2D eigenvalue weighted by Gasteiger charge is -2.26. The number of amides is 2. The summed E-state index contributed by atoms with van der Waals surface area (Å²) in [4.78, 5) is 38.4. The number of rotatable bonds is 8. The molecule has 0 bridgehead atoms. The van der Waals surface area contributed by atoms with Crippen LogP contribution in [0.15, 0.2) is 24.3 Å². The molecule has 146 valence electrons. The lowest BCUT2D eigenvalue weighted by molar-refractivity contribution is -0.123. The van der Waals surface area contributed by atoms with E-state index in [0.717, 1.165) is 24.8 Å². The van der Waals surface area contributed by atoms with Crippen molar-refractivity contribution in [1.29, 1.82) is 0 Å². The van der Waals surface area contributed by atoms with Crippen molar-refractivity contribution in [2.75, 3.05) is 4.90 Å². The second-order valence-electron chi connectivity index (χ2n) is 8.59. The van der Waals surface area contributed by atoms with Gasteiger partial charge in [0.1, 0.15) is 0 Å². The number of nitrogens with zero attached hydrogens (tertiary/aromatic N) is 1. The van der Waals surface area contributed by atoms with Crippen LogP contribution in [0.5, 0.6) is 0 Å². The number of anilines is 1. The van der Waals surface area contributed by atoms with Gasteiger partial charge in [-0.15, -0.1) is 0 Å². The Morgan fingerprint density at radius 1 is 1.19 bits per heavy atom. The fraction of sp³-hybridized carbons (Fsp3) is 0.591. The van der Waals surface area contributed by atoms with Crippen LogP contribution in [0.25, 0.3) is 0 Å². The van der Waals surface area contributed by atoms with Gasteiger partial charge in [-0.3, -0.25) is 14.5 Å². The number of benzene rings is 1. The quantitative estimate of drug-likeness (QED) is 0.519. The van der Waals surface area contributed by atoms with Crippen LogP contribution >= 0.6 is 0 Å². The summed E-state index contributed by atoms with van der Waals surface area (Å²) in [5.41, 5.74) is 1.59. The van der Waals surface area contributed by atoms with Crippen LogP contribution in [0, 0.1) is 17.3 Å². The Morgan fingerprint density at radius 2 is 1.74 bits per heavy atom. The Balaban J connectivity index is 2.16. The second-order valence-corrected chi connectivity index (χ2v) is 8.59. The normalized spacial score (nSPS) is 19.0. The summed E-state index contributed by atoms with van der Waals surface area (Å²) in [7, 11) is 1.64. The van der Waals surface area contributed by atoms with E-state index >= 15 is 0 Å². The SMILES string of the molecule is BC(=O)C(C)(C)CC(C)c1ccc(N2C(=O)CC(C(CC)CC)C2=O)cc1. The Morgan fingerprint density at radius 3 is 2.22 bits per heavy atom. The van der Waals surface area contributed by atoms with Gasteiger partial charge < -0.3 is 4.79 Å². The summed E-state index contributed by atoms with van der Waals surface area (Å²) in [6, 6.07) is 7.66. The molecule has 1 fully saturated rings. The summed E-state index contributed by atoms with van der Waals surface area (Å²) in [6.07, 6.45) is 2.91. The van der Waals surface area contributed by atoms with Crippen LogP contribution in [-0.2, 0) is 14.4 Å². The lowest BCUT2D eigenvalue weighted by atomic mass is 9.71. The monoisotopic (exact) mass is 369 g/mol. The molecule has 0 aromatic heterocycles. The molecule has 2 atom stereocenters. The Bertz CT molecular complexity index is 707. The molecule has 0 spiro atoms. The highest BCUT2D eigenvalue weighted by Gasteiger charge is 2.42. The molecule has 0 radical (unpaired) electrons. The van der Waals surface area contributed by atoms with Crippen molar-refractivity contribution in [3.63, 3.8) is 0 Å². The van der Waals surface area contributed by atoms with Crippen molar-refractivity contribution < 1.29 is 14.4 Å². The topological polar surface area (TPSA) is 54.5 Å². The first-order chi connectivity index (χ1) is 12.6. The van der Waals surface area contributed by atoms with Gasteiger partial charge in [0.25, 0.3) is 0 Å². The third kappa shape index (κ3) is 4.51. The summed E-state index contributed by atoms with van der Waals surface area (Å²) < 4.78 is 0. The molecule has 0 N–H and O–H groups in total. The van der Waals surface area contributed by atoms with Crippen LogP contribution in [0.4, 0.5) is 5.69 Å². The fourth-order valence-electron chi connectivity index (χ4n) is 4.13. The zero-order chi connectivity index (χ0) is 20.4. The molecule has 1 aromatic carbocycles. The van der Waals surface area contributed by atoms with E-state index in [1.807, 2.05) is 38.1 Å². The maximum Gasteiger partial charge on any atom is 0.237 e. The van der Waals surface area contributed by atoms with Crippen LogP contribution in [0.3, 0.4) is 0 Å². The number of carbonyl (C=O) groups is 3. The van der Waals surface area contributed by atoms with Gasteiger partial charge >= 0.3 is 0 Å². The highest BCUT2D eigenvalue weighted by Crippen LogP contribution is 2.36. The average molecular weight is 369 g/mol. The molecule has 4 nitrogen and oxygen atoms in total. The van der Waals surface area contributed by atoms with Crippen LogP contribution in [0.2, 0.25) is 0 Å². The molecular weight excluding hydrogens is 337 g/mol. The number of hydrogen-bond donors (Lipinski definition) is 0. The predicted molar refractivity (Wildman–Crippen MR) is 111 cm³/mol. The third-order valence-electron chi connectivity index (χ3n) is 6.29. The van der Waals surface area contributed by atoms with Crippen molar-refractivity contribution in [3.05, 3.63) is 29.8 Å². The first-order valence-corrected chi connectivity index (χ1v) is 10.1. The van der Waals surface area contributed by atoms with Crippen LogP contribution in [0.1, 0.15) is 71.8 Å². The standard InChI is InChI=1S/C22H32BNO3/c1-6-15(7-2)18-12-19(25)24(20(18)26)17-10-8-16(9-11-17)14(3)13-22(4,5)21(23)27/h8-11,14-15,18H,6-7,12-13,23H2,1-5H3. The fourth-order valence-corrected chi connectivity index (χ4v) is 4.13. The largest absolute Gasteiger partial charge is 0.311 e. The highest BCUT2D eigenvalue weighted by atomic mass is 16.2. The first kappa shape index (κ1) is 21.4. The second kappa shape index (κ2) is 8.41. The van der Waals surface area contributed by atoms with Crippen molar-refractivity contribution in [1.82, 2.24) is 0 Å². The Kier molecular flexibility index (Phi) is 6.66. The molecule has 1 heterocycles. The van der Waals surface area contributed by atoms with E-state index in [1.165, 1.54) is 4.90 Å². The van der Waals surface area contributed by atoms with E-state index in [9.17, 15) is 14.4 Å². The number of imide groups is 1. The van der Waals surface area contributed by atoms with Crippen molar-refractivity contribution >= 4 is 31.0 Å². The van der Waals surface area contributed by atoms with E-state index in [1.54, 1.807) is 7.85 Å². The van der Waals surface area contributed by atoms with Crippen LogP contribution in [-0.4, -0.2) is 25.3 Å². The molecule has 1 aliphatic heterocycles. The Hall–Kier alpha value is -1.91. The van der Waals surface area contributed by atoms with Gasteiger partial charge in [-0.2, -0.15) is 0 Å². The number of carbonyl (C=O) groups excluding carboxylic acids is 3. The first-order valence-electron chi connectivity index (χ1n) is 10.1. The van der Waals surface area contributed by atoms with Gasteiger partial charge in [-0.05, 0) is 36.0 Å². The average Bonchev–Trinajstić information content (AvgIpc) is 2.90. The van der Waals surface area contributed by atoms with Gasteiger partial charge in [-0.1, -0.05) is 59.6 Å². The van der Waals surface area contributed by atoms with Gasteiger partial charge in [-0.25, -0.2) is 0 Å². The molecule has 2 amide bonds. The summed E-state index contributed by atoms with van der Waals surface area (Å²) in [5, 5.41) is 0. The molecule has 5 heteroatoms. The zero-order valence-electron chi connectivity index (χ0n) is 17.5. The third-order valence-corrected chi connectivity index (χ3v) is 6.29. The summed E-state index contributed by atoms with van der Waals surface area (Å²) >= 11 is 0. The van der Waals surface area contributed by atoms with Crippen LogP contribution < -0.4 is 4.90 Å². The van der Waals surface area contributed by atoms with Crippen molar-refractivity contribution in [2.45, 2.75) is 66.2 Å². The molecule has 2 rings (SSSR count). The minimum absolute atomic E-state index is 0.0628. The molecule has 2 unspecified atom stereocenters. The van der Waals surface area contributed by atoms with E-state index in [0.29, 0.717) is 12.1 Å². The van der Waals surface area contributed by atoms with E-state index < -0.39 is 0 Å². The van der Waals surface area contributed by atoms with E-state index in [-0.39, 0.29) is 40.7 Å². The zero-order valence-corrected chi connectivity index (χ0v) is 17.5. The summed E-state index contributed by atoms with van der Waals surface area (Å²) in [5.74, 6) is 0.130. The molecule has 27 heavy (non-hydrogen) atoms. The predicted octanol–water partition coefficient (Wildman–Crippen LogP) is 3.68. The smallest absolute Gasteiger partial charge is 0.237 e. The van der Waals surface area contributed by atoms with Gasteiger partial charge in [0, 0.05) is 11.8 Å². The molecule has 0 saturated carbocycles. The van der Waals surface area contributed by atoms with E-state index in [2.05, 4.69) is 20.8 Å². The van der Waals surface area contributed by atoms with Gasteiger partial charge in [0.2, 0.25) is 11.8 Å². The van der Waals surface area contributed by atoms with Crippen molar-refractivity contribution in [3.8, 4) is 0 Å². The maximum absolute atomic E-state index is 12.8. The number of hydrogen-bond acceptors (Lipinski definition) is 3.